The maximum Gasteiger partial charge on any atom is 0.357 e. The largest absolute Gasteiger partial charge is 0.458 e. The number of esters is 1. The van der Waals surface area contributed by atoms with Crippen molar-refractivity contribution in [3.8, 4) is 0 Å². The predicted octanol–water partition coefficient (Wildman–Crippen LogP) is 2.02. The Labute approximate surface area is 102 Å². The van der Waals surface area contributed by atoms with E-state index in [4.69, 9.17) is 4.74 Å². The lowest BCUT2D eigenvalue weighted by molar-refractivity contribution is 0.0223. The summed E-state index contributed by atoms with van der Waals surface area (Å²) in [7, 11) is 0. The van der Waals surface area contributed by atoms with Crippen LogP contribution in [0.15, 0.2) is 24.4 Å². The van der Waals surface area contributed by atoms with Crippen LogP contribution in [0, 0.1) is 0 Å². The van der Waals surface area contributed by atoms with Gasteiger partial charge in [-0.3, -0.25) is 0 Å². The summed E-state index contributed by atoms with van der Waals surface area (Å²) in [5, 5.41) is 3.22. The van der Waals surface area contributed by atoms with E-state index in [0.29, 0.717) is 5.69 Å². The topological polar surface area (TPSA) is 51.2 Å². The molecule has 0 unspecified atom stereocenters. The van der Waals surface area contributed by atoms with Crippen molar-refractivity contribution in [2.24, 2.45) is 0 Å². The van der Waals surface area contributed by atoms with Crippen molar-refractivity contribution in [1.82, 2.24) is 10.3 Å². The van der Waals surface area contributed by atoms with Crippen molar-refractivity contribution in [1.29, 1.82) is 0 Å². The van der Waals surface area contributed by atoms with E-state index in [2.05, 4.69) is 10.3 Å². The van der Waals surface area contributed by atoms with Gasteiger partial charge in [0, 0.05) is 6.20 Å². The van der Waals surface area contributed by atoms with Gasteiger partial charge in [-0.25, -0.2) is 9.78 Å². The molecule has 1 aliphatic rings. The molecule has 1 saturated heterocycles. The number of nitrogens with zero attached hydrogens (tertiary/aromatic N) is 1. The molecule has 4 heteroatoms. The van der Waals surface area contributed by atoms with Crippen molar-refractivity contribution in [3.63, 3.8) is 0 Å². The summed E-state index contributed by atoms with van der Waals surface area (Å²) >= 11 is 0. The Morgan fingerprint density at radius 3 is 2.65 bits per heavy atom. The van der Waals surface area contributed by atoms with Crippen molar-refractivity contribution in [2.75, 3.05) is 13.1 Å². The Hall–Kier alpha value is -1.42. The number of hydrogen-bond donors (Lipinski definition) is 1. The van der Waals surface area contributed by atoms with Crippen LogP contribution in [0.2, 0.25) is 0 Å². The first-order valence-electron chi connectivity index (χ1n) is 6.19. The van der Waals surface area contributed by atoms with E-state index in [-0.39, 0.29) is 12.1 Å². The Morgan fingerprint density at radius 1 is 1.35 bits per heavy atom. The first-order chi connectivity index (χ1) is 8.36. The number of nitrogens with one attached hydrogen (secondary N) is 1. The Kier molecular flexibility index (Phi) is 6.25. The van der Waals surface area contributed by atoms with Crippen LogP contribution in [0.5, 0.6) is 0 Å². The Morgan fingerprint density at radius 2 is 2.06 bits per heavy atom. The summed E-state index contributed by atoms with van der Waals surface area (Å²) in [6, 6.07) is 5.23. The van der Waals surface area contributed by atoms with E-state index in [9.17, 15) is 4.79 Å². The van der Waals surface area contributed by atoms with Crippen LogP contribution in [-0.4, -0.2) is 30.1 Å². The summed E-state index contributed by atoms with van der Waals surface area (Å²) < 4.78 is 5.34. The van der Waals surface area contributed by atoms with Crippen molar-refractivity contribution in [2.45, 2.75) is 32.8 Å². The number of carbonyl (C=O) groups is 1. The zero-order valence-electron chi connectivity index (χ0n) is 10.5. The number of carbonyl (C=O) groups excluding carboxylic acids is 1. The van der Waals surface area contributed by atoms with Gasteiger partial charge in [-0.1, -0.05) is 19.9 Å². The monoisotopic (exact) mass is 236 g/mol. The lowest BCUT2D eigenvalue weighted by atomic mass is 10.1. The van der Waals surface area contributed by atoms with Gasteiger partial charge in [-0.15, -0.1) is 0 Å². The molecule has 0 bridgehead atoms. The number of ether oxygens (including phenoxy) is 1. The zero-order chi connectivity index (χ0) is 12.5. The number of aromatic nitrogens is 1. The molecule has 0 saturated carbocycles. The maximum absolute atomic E-state index is 11.6. The van der Waals surface area contributed by atoms with Crippen LogP contribution in [0.1, 0.15) is 37.2 Å². The van der Waals surface area contributed by atoms with Crippen LogP contribution in [0.3, 0.4) is 0 Å². The quantitative estimate of drug-likeness (QED) is 0.798. The summed E-state index contributed by atoms with van der Waals surface area (Å²) in [5.74, 6) is -0.317. The second kappa shape index (κ2) is 7.79. The molecule has 1 aliphatic heterocycles. The van der Waals surface area contributed by atoms with Crippen LogP contribution in [-0.2, 0) is 4.74 Å². The molecule has 4 nitrogen and oxygen atoms in total. The summed E-state index contributed by atoms with van der Waals surface area (Å²) in [6.07, 6.45) is 3.41. The standard InChI is InChI=1S/C11H14N2O2.C2H6/c14-11(10-3-1-2-6-13-10)15-9-4-7-12-8-5-9;1-2/h1-3,6,9,12H,4-5,7-8H2;1-2H3. The van der Waals surface area contributed by atoms with E-state index in [1.807, 2.05) is 13.8 Å². The van der Waals surface area contributed by atoms with Crippen LogP contribution in [0.25, 0.3) is 0 Å². The van der Waals surface area contributed by atoms with Crippen LogP contribution in [0.4, 0.5) is 0 Å². The number of pyridine rings is 1. The molecular formula is C13H20N2O2. The van der Waals surface area contributed by atoms with Gasteiger partial charge in [0.25, 0.3) is 0 Å². The molecule has 0 radical (unpaired) electrons. The average Bonchev–Trinajstić information content (AvgIpc) is 2.43. The SMILES string of the molecule is CC.O=C(OC1CCNCC1)c1ccccn1. The molecule has 1 fully saturated rings. The molecule has 0 aromatic carbocycles. The minimum absolute atomic E-state index is 0.0424. The first-order valence-corrected chi connectivity index (χ1v) is 6.19. The molecule has 0 amide bonds. The molecule has 0 aliphatic carbocycles. The summed E-state index contributed by atoms with van der Waals surface area (Å²) in [6.45, 7) is 5.83. The van der Waals surface area contributed by atoms with Gasteiger partial charge in [-0.2, -0.15) is 0 Å². The molecule has 0 atom stereocenters. The normalized spacial score (nSPS) is 15.6. The predicted molar refractivity (Wildman–Crippen MR) is 66.9 cm³/mol. The highest BCUT2D eigenvalue weighted by Crippen LogP contribution is 2.09. The number of hydrogen-bond acceptors (Lipinski definition) is 4. The number of rotatable bonds is 2. The van der Waals surface area contributed by atoms with Gasteiger partial charge in [-0.05, 0) is 38.1 Å². The summed E-state index contributed by atoms with van der Waals surface area (Å²) in [4.78, 5) is 15.6. The fourth-order valence-corrected chi connectivity index (χ4v) is 1.61. The zero-order valence-corrected chi connectivity index (χ0v) is 10.5. The van der Waals surface area contributed by atoms with Gasteiger partial charge in [0.2, 0.25) is 0 Å². The van der Waals surface area contributed by atoms with Gasteiger partial charge in [0.1, 0.15) is 11.8 Å². The van der Waals surface area contributed by atoms with Gasteiger partial charge >= 0.3 is 5.97 Å². The number of piperidine rings is 1. The van der Waals surface area contributed by atoms with E-state index in [1.54, 1.807) is 24.4 Å². The van der Waals surface area contributed by atoms with E-state index < -0.39 is 0 Å². The third-order valence-electron chi connectivity index (χ3n) is 2.43. The smallest absolute Gasteiger partial charge is 0.357 e. The summed E-state index contributed by atoms with van der Waals surface area (Å²) in [5.41, 5.74) is 0.385. The van der Waals surface area contributed by atoms with E-state index >= 15 is 0 Å². The van der Waals surface area contributed by atoms with Crippen LogP contribution >= 0.6 is 0 Å². The minimum atomic E-state index is -0.317. The Bertz CT molecular complexity index is 321. The fourth-order valence-electron chi connectivity index (χ4n) is 1.61. The fraction of sp³-hybridized carbons (Fsp3) is 0.538. The molecule has 1 N–H and O–H groups in total. The van der Waals surface area contributed by atoms with Gasteiger partial charge < -0.3 is 10.1 Å². The van der Waals surface area contributed by atoms with Crippen LogP contribution < -0.4 is 5.32 Å². The molecule has 1 aromatic heterocycles. The second-order valence-electron chi connectivity index (χ2n) is 3.57. The second-order valence-corrected chi connectivity index (χ2v) is 3.57. The van der Waals surface area contributed by atoms with Crippen molar-refractivity contribution >= 4 is 5.97 Å². The van der Waals surface area contributed by atoms with Crippen molar-refractivity contribution in [3.05, 3.63) is 30.1 Å². The molecule has 2 rings (SSSR count). The highest BCUT2D eigenvalue weighted by molar-refractivity contribution is 5.87. The first kappa shape index (κ1) is 13.6. The molecule has 2 heterocycles. The van der Waals surface area contributed by atoms with Crippen molar-refractivity contribution < 1.29 is 9.53 Å². The van der Waals surface area contributed by atoms with Gasteiger partial charge in [0.15, 0.2) is 0 Å². The Balaban J connectivity index is 0.000000686. The van der Waals surface area contributed by atoms with E-state index in [1.165, 1.54) is 0 Å². The highest BCUT2D eigenvalue weighted by atomic mass is 16.5. The maximum atomic E-state index is 11.6. The molecule has 17 heavy (non-hydrogen) atoms. The molecule has 1 aromatic rings. The lowest BCUT2D eigenvalue weighted by Crippen LogP contribution is -2.33. The van der Waals surface area contributed by atoms with Gasteiger partial charge in [0.05, 0.1) is 0 Å². The molecular weight excluding hydrogens is 216 g/mol. The van der Waals surface area contributed by atoms with E-state index in [0.717, 1.165) is 25.9 Å². The average molecular weight is 236 g/mol. The molecule has 0 spiro atoms. The lowest BCUT2D eigenvalue weighted by Gasteiger charge is -2.22. The minimum Gasteiger partial charge on any atom is -0.458 e. The third-order valence-corrected chi connectivity index (χ3v) is 2.43. The highest BCUT2D eigenvalue weighted by Gasteiger charge is 2.18. The third kappa shape index (κ3) is 4.53. The molecule has 94 valence electrons.